The number of para-hydroxylation sites is 2. The van der Waals surface area contributed by atoms with E-state index in [0.29, 0.717) is 0 Å². The molecule has 1 aromatic carbocycles. The van der Waals surface area contributed by atoms with Crippen molar-refractivity contribution >= 4 is 5.69 Å². The third-order valence-electron chi connectivity index (χ3n) is 2.88. The topological polar surface area (TPSA) is 30.5 Å². The predicted molar refractivity (Wildman–Crippen MR) is 65.1 cm³/mol. The predicted octanol–water partition coefficient (Wildman–Crippen LogP) is 2.68. The molecule has 0 spiro atoms. The molecule has 0 saturated carbocycles. The van der Waals surface area contributed by atoms with Crippen molar-refractivity contribution in [1.29, 1.82) is 0 Å². The zero-order valence-corrected chi connectivity index (χ0v) is 9.95. The molecule has 1 unspecified atom stereocenters. The summed E-state index contributed by atoms with van der Waals surface area (Å²) >= 11 is 0. The fraction of sp³-hybridized carbons (Fsp3) is 0.538. The summed E-state index contributed by atoms with van der Waals surface area (Å²) in [6.45, 7) is 6.47. The first-order valence-corrected chi connectivity index (χ1v) is 5.83. The number of benzene rings is 1. The fourth-order valence-electron chi connectivity index (χ4n) is 1.86. The van der Waals surface area contributed by atoms with E-state index in [-0.39, 0.29) is 5.60 Å². The summed E-state index contributed by atoms with van der Waals surface area (Å²) in [5.74, 6) is 0.938. The van der Waals surface area contributed by atoms with Crippen LogP contribution in [0, 0.1) is 0 Å². The first-order valence-electron chi connectivity index (χ1n) is 5.83. The van der Waals surface area contributed by atoms with Crippen LogP contribution in [0.2, 0.25) is 0 Å². The number of hydrogen-bond acceptors (Lipinski definition) is 3. The number of hydrogen-bond donors (Lipinski definition) is 1. The van der Waals surface area contributed by atoms with E-state index in [0.717, 1.165) is 37.6 Å². The van der Waals surface area contributed by atoms with Crippen molar-refractivity contribution in [3.8, 4) is 5.75 Å². The maximum atomic E-state index is 6.02. The van der Waals surface area contributed by atoms with Gasteiger partial charge in [-0.25, -0.2) is 0 Å². The van der Waals surface area contributed by atoms with Gasteiger partial charge in [0.1, 0.15) is 11.4 Å². The van der Waals surface area contributed by atoms with Gasteiger partial charge in [0.25, 0.3) is 0 Å². The molecule has 2 rings (SSSR count). The summed E-state index contributed by atoms with van der Waals surface area (Å²) in [5.41, 5.74) is 0.917. The minimum absolute atomic E-state index is 0.163. The molecule has 3 heteroatoms. The zero-order chi connectivity index (χ0) is 11.4. The van der Waals surface area contributed by atoms with Crippen LogP contribution in [0.15, 0.2) is 24.3 Å². The van der Waals surface area contributed by atoms with E-state index in [1.54, 1.807) is 0 Å². The molecular weight excluding hydrogens is 202 g/mol. The Labute approximate surface area is 96.8 Å². The molecule has 1 aliphatic heterocycles. The van der Waals surface area contributed by atoms with Gasteiger partial charge in [-0.3, -0.25) is 0 Å². The molecule has 1 atom stereocenters. The average molecular weight is 221 g/mol. The monoisotopic (exact) mass is 221 g/mol. The molecule has 1 aliphatic rings. The summed E-state index contributed by atoms with van der Waals surface area (Å²) in [6.07, 6.45) is 0.905. The Kier molecular flexibility index (Phi) is 3.34. The quantitative estimate of drug-likeness (QED) is 0.793. The molecule has 88 valence electrons. The molecule has 1 N–H and O–H groups in total. The molecule has 3 nitrogen and oxygen atoms in total. The van der Waals surface area contributed by atoms with E-state index >= 15 is 0 Å². The Bertz CT molecular complexity index is 354. The molecule has 1 aromatic rings. The molecule has 0 amide bonds. The highest BCUT2D eigenvalue weighted by molar-refractivity contribution is 5.58. The van der Waals surface area contributed by atoms with Gasteiger partial charge >= 0.3 is 0 Å². The maximum Gasteiger partial charge on any atom is 0.143 e. The Morgan fingerprint density at radius 3 is 3.06 bits per heavy atom. The van der Waals surface area contributed by atoms with Gasteiger partial charge in [0.2, 0.25) is 0 Å². The van der Waals surface area contributed by atoms with Gasteiger partial charge in [-0.2, -0.15) is 0 Å². The Morgan fingerprint density at radius 1 is 1.44 bits per heavy atom. The number of fused-ring (bicyclic) bond motifs is 1. The molecular formula is C13H19NO2. The maximum absolute atomic E-state index is 6.02. The van der Waals surface area contributed by atoms with Crippen molar-refractivity contribution in [3.63, 3.8) is 0 Å². The molecule has 0 fully saturated rings. The van der Waals surface area contributed by atoms with Gasteiger partial charge < -0.3 is 14.8 Å². The molecule has 0 bridgehead atoms. The van der Waals surface area contributed by atoms with Crippen LogP contribution >= 0.6 is 0 Å². The lowest BCUT2D eigenvalue weighted by molar-refractivity contribution is 0.0420. The highest BCUT2D eigenvalue weighted by Crippen LogP contribution is 2.33. The van der Waals surface area contributed by atoms with Crippen LogP contribution in [0.3, 0.4) is 0 Å². The van der Waals surface area contributed by atoms with Gasteiger partial charge in [0.15, 0.2) is 0 Å². The highest BCUT2D eigenvalue weighted by Gasteiger charge is 2.30. The third-order valence-corrected chi connectivity index (χ3v) is 2.88. The van der Waals surface area contributed by atoms with Gasteiger partial charge in [0.05, 0.1) is 18.8 Å². The van der Waals surface area contributed by atoms with Gasteiger partial charge in [-0.1, -0.05) is 12.1 Å². The molecule has 0 saturated heterocycles. The first-order chi connectivity index (χ1) is 7.73. The van der Waals surface area contributed by atoms with Gasteiger partial charge in [-0.15, -0.1) is 0 Å². The van der Waals surface area contributed by atoms with E-state index in [4.69, 9.17) is 9.47 Å². The molecule has 0 radical (unpaired) electrons. The van der Waals surface area contributed by atoms with E-state index in [9.17, 15) is 0 Å². The molecule has 0 aromatic heterocycles. The van der Waals surface area contributed by atoms with Crippen molar-refractivity contribution < 1.29 is 9.47 Å². The van der Waals surface area contributed by atoms with Crippen molar-refractivity contribution in [2.75, 3.05) is 25.1 Å². The van der Waals surface area contributed by atoms with Crippen LogP contribution in [-0.4, -0.2) is 25.4 Å². The lowest BCUT2D eigenvalue weighted by Gasteiger charge is -2.36. The van der Waals surface area contributed by atoms with Crippen LogP contribution in [0.4, 0.5) is 5.69 Å². The van der Waals surface area contributed by atoms with Crippen LogP contribution in [0.25, 0.3) is 0 Å². The fourth-order valence-corrected chi connectivity index (χ4v) is 1.86. The normalized spacial score (nSPS) is 23.1. The van der Waals surface area contributed by atoms with E-state index < -0.39 is 0 Å². The van der Waals surface area contributed by atoms with Gasteiger partial charge in [0, 0.05) is 13.0 Å². The van der Waals surface area contributed by atoms with Crippen LogP contribution in [-0.2, 0) is 4.74 Å². The standard InChI is InChI=1S/C13H19NO2/c1-3-15-9-8-13(2)10-14-11-6-4-5-7-12(11)16-13/h4-7,14H,3,8-10H2,1-2H3. The highest BCUT2D eigenvalue weighted by atomic mass is 16.5. The van der Waals surface area contributed by atoms with Crippen LogP contribution in [0.1, 0.15) is 20.3 Å². The lowest BCUT2D eigenvalue weighted by atomic mass is 10.0. The largest absolute Gasteiger partial charge is 0.483 e. The minimum atomic E-state index is -0.163. The van der Waals surface area contributed by atoms with Crippen molar-refractivity contribution in [3.05, 3.63) is 24.3 Å². The summed E-state index contributed by atoms with van der Waals surface area (Å²) in [7, 11) is 0. The first kappa shape index (κ1) is 11.3. The lowest BCUT2D eigenvalue weighted by Crippen LogP contribution is -2.44. The Hall–Kier alpha value is -1.22. The second-order valence-corrected chi connectivity index (χ2v) is 4.35. The summed E-state index contributed by atoms with van der Waals surface area (Å²) in [4.78, 5) is 0. The van der Waals surface area contributed by atoms with Gasteiger partial charge in [-0.05, 0) is 26.0 Å². The number of rotatable bonds is 4. The Balaban J connectivity index is 2.00. The third kappa shape index (κ3) is 2.47. The summed E-state index contributed by atoms with van der Waals surface area (Å²) < 4.78 is 11.4. The second-order valence-electron chi connectivity index (χ2n) is 4.35. The molecule has 1 heterocycles. The minimum Gasteiger partial charge on any atom is -0.483 e. The smallest absolute Gasteiger partial charge is 0.143 e. The van der Waals surface area contributed by atoms with Crippen molar-refractivity contribution in [2.45, 2.75) is 25.9 Å². The molecule has 0 aliphatic carbocycles. The number of nitrogens with one attached hydrogen (secondary N) is 1. The average Bonchev–Trinajstić information content (AvgIpc) is 2.29. The number of anilines is 1. The van der Waals surface area contributed by atoms with Crippen molar-refractivity contribution in [1.82, 2.24) is 0 Å². The van der Waals surface area contributed by atoms with Crippen LogP contribution < -0.4 is 10.1 Å². The van der Waals surface area contributed by atoms with E-state index in [2.05, 4.69) is 12.2 Å². The van der Waals surface area contributed by atoms with Crippen LogP contribution in [0.5, 0.6) is 5.75 Å². The summed E-state index contributed by atoms with van der Waals surface area (Å²) in [5, 5.41) is 3.40. The van der Waals surface area contributed by atoms with Crippen molar-refractivity contribution in [2.24, 2.45) is 0 Å². The SMILES string of the molecule is CCOCCC1(C)CNc2ccccc2O1. The van der Waals surface area contributed by atoms with E-state index in [1.165, 1.54) is 0 Å². The molecule has 16 heavy (non-hydrogen) atoms. The number of ether oxygens (including phenoxy) is 2. The zero-order valence-electron chi connectivity index (χ0n) is 9.95. The summed E-state index contributed by atoms with van der Waals surface area (Å²) in [6, 6.07) is 8.05. The second kappa shape index (κ2) is 4.74. The van der Waals surface area contributed by atoms with E-state index in [1.807, 2.05) is 31.2 Å². The Morgan fingerprint density at radius 2 is 2.25 bits per heavy atom.